The number of aromatic hydroxyl groups is 1. The molecular formula is C35H36N4O9S2. The van der Waals surface area contributed by atoms with E-state index in [1.54, 1.807) is 73.6 Å². The van der Waals surface area contributed by atoms with Crippen molar-refractivity contribution in [1.29, 1.82) is 0 Å². The Morgan fingerprint density at radius 2 is 1.50 bits per heavy atom. The molecule has 0 radical (unpaired) electrons. The molecule has 0 unspecified atom stereocenters. The first-order valence-electron chi connectivity index (χ1n) is 15.5. The Labute approximate surface area is 293 Å². The second kappa shape index (κ2) is 14.3. The van der Waals surface area contributed by atoms with Gasteiger partial charge < -0.3 is 24.2 Å². The molecule has 13 nitrogen and oxygen atoms in total. The number of esters is 2. The summed E-state index contributed by atoms with van der Waals surface area (Å²) in [5.74, 6) is -2.33. The van der Waals surface area contributed by atoms with Crippen LogP contribution in [0.5, 0.6) is 11.5 Å². The minimum absolute atomic E-state index is 0.0409. The van der Waals surface area contributed by atoms with Crippen molar-refractivity contribution in [1.82, 2.24) is 14.0 Å². The Bertz CT molecular complexity index is 2270. The summed E-state index contributed by atoms with van der Waals surface area (Å²) in [5, 5.41) is 16.7. The van der Waals surface area contributed by atoms with Gasteiger partial charge >= 0.3 is 11.9 Å². The summed E-state index contributed by atoms with van der Waals surface area (Å²) in [6, 6.07) is 16.8. The number of methoxy groups -OCH3 is 1. The molecule has 0 bridgehead atoms. The lowest BCUT2D eigenvalue weighted by molar-refractivity contribution is -0.139. The Hall–Kier alpha value is -5.25. The zero-order valence-corrected chi connectivity index (χ0v) is 29.6. The van der Waals surface area contributed by atoms with Crippen molar-refractivity contribution in [3.8, 4) is 17.2 Å². The number of para-hydroxylation sites is 1. The van der Waals surface area contributed by atoms with Crippen LogP contribution in [0.15, 0.2) is 99.0 Å². The van der Waals surface area contributed by atoms with E-state index in [2.05, 4.69) is 0 Å². The number of allylic oxidation sites excluding steroid dienone is 2. The molecule has 3 aromatic carbocycles. The van der Waals surface area contributed by atoms with Crippen LogP contribution in [0, 0.1) is 4.77 Å². The van der Waals surface area contributed by atoms with Gasteiger partial charge in [-0.25, -0.2) is 23.1 Å². The van der Waals surface area contributed by atoms with Crippen LogP contribution in [-0.2, 0) is 35.8 Å². The third-order valence-electron chi connectivity index (χ3n) is 8.46. The number of fused-ring (bicyclic) bond motifs is 1. The zero-order chi connectivity index (χ0) is 36.5. The van der Waals surface area contributed by atoms with Crippen molar-refractivity contribution in [3.63, 3.8) is 0 Å². The van der Waals surface area contributed by atoms with Crippen molar-refractivity contribution in [2.75, 3.05) is 20.3 Å². The number of phenols is 1. The quantitative estimate of drug-likeness (QED) is 0.173. The first kappa shape index (κ1) is 36.0. The SMILES string of the molecule is CCOC(=O)C1=C(C)N(Cn2c(=S)n(-c3ccc(S(N)(=O)=O)cc3)c(=O)c3ccccc32)C(C)=C(C(=O)OCC)C1c1ccc(OC)cc1O. The van der Waals surface area contributed by atoms with Crippen LogP contribution in [0.2, 0.25) is 0 Å². The summed E-state index contributed by atoms with van der Waals surface area (Å²) >= 11 is 5.92. The summed E-state index contributed by atoms with van der Waals surface area (Å²) in [7, 11) is -2.54. The lowest BCUT2D eigenvalue weighted by Crippen LogP contribution is -2.37. The van der Waals surface area contributed by atoms with E-state index >= 15 is 0 Å². The van der Waals surface area contributed by atoms with Crippen molar-refractivity contribution < 1.29 is 37.3 Å². The molecule has 0 saturated carbocycles. The highest BCUT2D eigenvalue weighted by Gasteiger charge is 2.42. The van der Waals surface area contributed by atoms with Gasteiger partial charge in [0.1, 0.15) is 18.2 Å². The average Bonchev–Trinajstić information content (AvgIpc) is 3.07. The number of sulfonamides is 1. The van der Waals surface area contributed by atoms with Gasteiger partial charge in [0.2, 0.25) is 10.0 Å². The number of rotatable bonds is 10. The predicted molar refractivity (Wildman–Crippen MR) is 188 cm³/mol. The maximum Gasteiger partial charge on any atom is 0.336 e. The number of ether oxygens (including phenoxy) is 3. The van der Waals surface area contributed by atoms with Crippen LogP contribution >= 0.6 is 12.2 Å². The van der Waals surface area contributed by atoms with Crippen molar-refractivity contribution in [3.05, 3.63) is 110 Å². The molecule has 1 aliphatic heterocycles. The van der Waals surface area contributed by atoms with E-state index in [0.29, 0.717) is 33.7 Å². The molecule has 0 spiro atoms. The molecule has 3 N–H and O–H groups in total. The predicted octanol–water partition coefficient (Wildman–Crippen LogP) is 4.61. The number of phenolic OH excluding ortho intramolecular Hbond substituents is 1. The Morgan fingerprint density at radius 1 is 0.920 bits per heavy atom. The van der Waals surface area contributed by atoms with Gasteiger partial charge in [-0.3, -0.25) is 13.9 Å². The maximum absolute atomic E-state index is 13.9. The summed E-state index contributed by atoms with van der Waals surface area (Å²) < 4.78 is 43.1. The lowest BCUT2D eigenvalue weighted by Gasteiger charge is -2.38. The van der Waals surface area contributed by atoms with E-state index in [9.17, 15) is 27.9 Å². The van der Waals surface area contributed by atoms with Crippen molar-refractivity contribution in [2.24, 2.45) is 5.14 Å². The number of nitrogens with zero attached hydrogens (tertiary/aromatic N) is 3. The largest absolute Gasteiger partial charge is 0.507 e. The summed E-state index contributed by atoms with van der Waals surface area (Å²) in [6.07, 6.45) is 0. The topological polar surface area (TPSA) is 172 Å². The van der Waals surface area contributed by atoms with Gasteiger partial charge in [0.05, 0.1) is 58.9 Å². The third kappa shape index (κ3) is 6.54. The minimum Gasteiger partial charge on any atom is -0.507 e. The van der Waals surface area contributed by atoms with E-state index in [1.807, 2.05) is 0 Å². The highest BCUT2D eigenvalue weighted by molar-refractivity contribution is 7.89. The maximum atomic E-state index is 13.9. The fourth-order valence-corrected chi connectivity index (χ4v) is 6.94. The van der Waals surface area contributed by atoms with Crippen molar-refractivity contribution >= 4 is 45.1 Å². The van der Waals surface area contributed by atoms with E-state index in [-0.39, 0.29) is 52.0 Å². The van der Waals surface area contributed by atoms with E-state index in [1.165, 1.54) is 42.0 Å². The first-order chi connectivity index (χ1) is 23.7. The molecule has 4 aromatic rings. The third-order valence-corrected chi connectivity index (χ3v) is 9.80. The number of hydrogen-bond acceptors (Lipinski definition) is 11. The number of aromatic nitrogens is 2. The smallest absolute Gasteiger partial charge is 0.336 e. The standard InChI is InChI=1S/C35H36N4O9S2/c1-6-47-33(42)29-20(3)37(21(4)30(34(43)48-7-2)31(29)26-17-14-23(46-5)18-28(26)40)19-38-27-11-9-8-10-25(27)32(41)39(35(38)49)22-12-15-24(16-13-22)50(36,44)45/h8-18,31,40H,6-7,19H2,1-5H3,(H2,36,44,45). The minimum atomic E-state index is -3.99. The van der Waals surface area contributed by atoms with Gasteiger partial charge in [0.15, 0.2) is 4.77 Å². The van der Waals surface area contributed by atoms with E-state index in [0.717, 1.165) is 0 Å². The van der Waals surface area contributed by atoms with Crippen LogP contribution < -0.4 is 15.4 Å². The molecule has 0 atom stereocenters. The highest BCUT2D eigenvalue weighted by Crippen LogP contribution is 2.46. The number of benzene rings is 3. The van der Waals surface area contributed by atoms with Gasteiger partial charge in [-0.05, 0) is 82.4 Å². The van der Waals surface area contributed by atoms with E-state index in [4.69, 9.17) is 31.6 Å². The van der Waals surface area contributed by atoms with Gasteiger partial charge in [-0.1, -0.05) is 18.2 Å². The van der Waals surface area contributed by atoms with Gasteiger partial charge in [0.25, 0.3) is 5.56 Å². The number of carbonyl (C=O) groups is 2. The zero-order valence-electron chi connectivity index (χ0n) is 28.0. The second-order valence-corrected chi connectivity index (χ2v) is 13.2. The average molecular weight is 721 g/mol. The normalized spacial score (nSPS) is 13.9. The van der Waals surface area contributed by atoms with Gasteiger partial charge in [-0.2, -0.15) is 0 Å². The highest BCUT2D eigenvalue weighted by atomic mass is 32.2. The Morgan fingerprint density at radius 3 is 2.02 bits per heavy atom. The molecule has 15 heteroatoms. The molecule has 2 heterocycles. The number of nitrogens with two attached hydrogens (primary N) is 1. The molecule has 262 valence electrons. The Balaban J connectivity index is 1.79. The summed E-state index contributed by atoms with van der Waals surface area (Å²) in [5.41, 5.74) is 1.54. The molecule has 0 amide bonds. The molecule has 1 aromatic heterocycles. The van der Waals surface area contributed by atoms with Crippen molar-refractivity contribution in [2.45, 2.75) is 45.2 Å². The number of primary sulfonamides is 1. The number of hydrogen-bond donors (Lipinski definition) is 2. The van der Waals surface area contributed by atoms with Crippen LogP contribution in [-0.4, -0.2) is 59.8 Å². The number of carbonyl (C=O) groups excluding carboxylic acids is 2. The molecule has 1 aliphatic rings. The van der Waals surface area contributed by atoms with Gasteiger partial charge in [0, 0.05) is 23.0 Å². The summed E-state index contributed by atoms with van der Waals surface area (Å²) in [6.45, 7) is 6.70. The molecule has 0 fully saturated rings. The monoisotopic (exact) mass is 720 g/mol. The van der Waals surface area contributed by atoms with Crippen LogP contribution in [0.4, 0.5) is 0 Å². The summed E-state index contributed by atoms with van der Waals surface area (Å²) in [4.78, 5) is 43.0. The molecular weight excluding hydrogens is 685 g/mol. The fraction of sp³-hybridized carbons (Fsp3) is 0.257. The van der Waals surface area contributed by atoms with Crippen LogP contribution in [0.1, 0.15) is 39.2 Å². The van der Waals surface area contributed by atoms with Gasteiger partial charge in [-0.15, -0.1) is 0 Å². The van der Waals surface area contributed by atoms with E-state index < -0.39 is 33.4 Å². The molecule has 5 rings (SSSR count). The Kier molecular flexibility index (Phi) is 10.3. The lowest BCUT2D eigenvalue weighted by atomic mass is 9.79. The fourth-order valence-electron chi connectivity index (χ4n) is 6.08. The molecule has 50 heavy (non-hydrogen) atoms. The van der Waals surface area contributed by atoms with Crippen LogP contribution in [0.3, 0.4) is 0 Å². The molecule has 0 aliphatic carbocycles. The molecule has 0 saturated heterocycles. The first-order valence-corrected chi connectivity index (χ1v) is 17.5. The van der Waals surface area contributed by atoms with Crippen LogP contribution in [0.25, 0.3) is 16.6 Å². The second-order valence-electron chi connectivity index (χ2n) is 11.3.